The van der Waals surface area contributed by atoms with E-state index >= 15 is 0 Å². The van der Waals surface area contributed by atoms with E-state index in [0.29, 0.717) is 0 Å². The summed E-state index contributed by atoms with van der Waals surface area (Å²) in [6.07, 6.45) is 2.93. The molecular formula is C14H14N2O. The SMILES string of the molecule is Cc1noc(C)c1Cc1c[nH]c2ccccc12. The van der Waals surface area contributed by atoms with E-state index in [0.717, 1.165) is 17.9 Å². The summed E-state index contributed by atoms with van der Waals surface area (Å²) in [4.78, 5) is 3.29. The maximum absolute atomic E-state index is 5.20. The minimum atomic E-state index is 0.866. The minimum absolute atomic E-state index is 0.866. The average molecular weight is 226 g/mol. The van der Waals surface area contributed by atoms with Crippen molar-refractivity contribution >= 4 is 10.9 Å². The fraction of sp³-hybridized carbons (Fsp3) is 0.214. The van der Waals surface area contributed by atoms with Crippen molar-refractivity contribution in [1.29, 1.82) is 0 Å². The van der Waals surface area contributed by atoms with Crippen LogP contribution in [0.5, 0.6) is 0 Å². The summed E-state index contributed by atoms with van der Waals surface area (Å²) in [5, 5.41) is 5.26. The van der Waals surface area contributed by atoms with Crippen LogP contribution in [-0.4, -0.2) is 10.1 Å². The summed E-state index contributed by atoms with van der Waals surface area (Å²) in [7, 11) is 0. The van der Waals surface area contributed by atoms with E-state index in [9.17, 15) is 0 Å². The molecule has 0 fully saturated rings. The number of rotatable bonds is 2. The molecule has 0 atom stereocenters. The second kappa shape index (κ2) is 3.77. The van der Waals surface area contributed by atoms with Crippen LogP contribution in [0.2, 0.25) is 0 Å². The van der Waals surface area contributed by atoms with E-state index < -0.39 is 0 Å². The zero-order valence-electron chi connectivity index (χ0n) is 9.95. The molecule has 0 amide bonds. The summed E-state index contributed by atoms with van der Waals surface area (Å²) in [5.41, 5.74) is 4.63. The largest absolute Gasteiger partial charge is 0.361 e. The van der Waals surface area contributed by atoms with Crippen LogP contribution in [0.25, 0.3) is 10.9 Å². The van der Waals surface area contributed by atoms with Gasteiger partial charge in [0, 0.05) is 29.1 Å². The number of hydrogen-bond donors (Lipinski definition) is 1. The Morgan fingerprint density at radius 3 is 2.82 bits per heavy atom. The molecular weight excluding hydrogens is 212 g/mol. The number of hydrogen-bond acceptors (Lipinski definition) is 2. The highest BCUT2D eigenvalue weighted by atomic mass is 16.5. The Labute approximate surface area is 99.4 Å². The molecule has 0 spiro atoms. The number of aromatic amines is 1. The van der Waals surface area contributed by atoms with Crippen LogP contribution in [0, 0.1) is 13.8 Å². The van der Waals surface area contributed by atoms with Crippen molar-refractivity contribution in [2.75, 3.05) is 0 Å². The number of nitrogens with zero attached hydrogens (tertiary/aromatic N) is 1. The Morgan fingerprint density at radius 1 is 1.24 bits per heavy atom. The molecule has 0 aliphatic heterocycles. The lowest BCUT2D eigenvalue weighted by atomic mass is 10.0. The fourth-order valence-electron chi connectivity index (χ4n) is 2.22. The molecule has 0 saturated carbocycles. The highest BCUT2D eigenvalue weighted by molar-refractivity contribution is 5.83. The molecule has 0 aliphatic rings. The maximum atomic E-state index is 5.20. The van der Waals surface area contributed by atoms with Crippen LogP contribution < -0.4 is 0 Å². The Bertz CT molecular complexity index is 644. The number of fused-ring (bicyclic) bond motifs is 1. The van der Waals surface area contributed by atoms with Crippen LogP contribution >= 0.6 is 0 Å². The van der Waals surface area contributed by atoms with E-state index in [2.05, 4.69) is 34.5 Å². The summed E-state index contributed by atoms with van der Waals surface area (Å²) in [6, 6.07) is 8.33. The maximum Gasteiger partial charge on any atom is 0.137 e. The summed E-state index contributed by atoms with van der Waals surface area (Å²) in [5.74, 6) is 0.910. The lowest BCUT2D eigenvalue weighted by molar-refractivity contribution is 0.392. The summed E-state index contributed by atoms with van der Waals surface area (Å²) >= 11 is 0. The fourth-order valence-corrected chi connectivity index (χ4v) is 2.22. The van der Waals surface area contributed by atoms with Crippen LogP contribution in [0.1, 0.15) is 22.6 Å². The van der Waals surface area contributed by atoms with Crippen molar-refractivity contribution in [1.82, 2.24) is 10.1 Å². The first-order valence-corrected chi connectivity index (χ1v) is 5.72. The normalized spacial score (nSPS) is 11.2. The van der Waals surface area contributed by atoms with Gasteiger partial charge in [0.25, 0.3) is 0 Å². The molecule has 86 valence electrons. The number of H-pyrrole nitrogens is 1. The quantitative estimate of drug-likeness (QED) is 0.728. The third kappa shape index (κ3) is 1.64. The molecule has 0 bridgehead atoms. The average Bonchev–Trinajstić information content (AvgIpc) is 2.88. The summed E-state index contributed by atoms with van der Waals surface area (Å²) < 4.78 is 5.20. The number of benzene rings is 1. The van der Waals surface area contributed by atoms with E-state index in [1.165, 1.54) is 22.0 Å². The van der Waals surface area contributed by atoms with Gasteiger partial charge in [-0.3, -0.25) is 0 Å². The Morgan fingerprint density at radius 2 is 2.06 bits per heavy atom. The van der Waals surface area contributed by atoms with Gasteiger partial charge in [0.1, 0.15) is 5.76 Å². The topological polar surface area (TPSA) is 41.8 Å². The molecule has 2 heterocycles. The van der Waals surface area contributed by atoms with Gasteiger partial charge in [0.2, 0.25) is 0 Å². The van der Waals surface area contributed by atoms with E-state index in [-0.39, 0.29) is 0 Å². The van der Waals surface area contributed by atoms with Crippen molar-refractivity contribution in [3.05, 3.63) is 53.0 Å². The van der Waals surface area contributed by atoms with Gasteiger partial charge in [-0.25, -0.2) is 0 Å². The predicted octanol–water partition coefficient (Wildman–Crippen LogP) is 3.36. The standard InChI is InChI=1S/C14H14N2O/c1-9-13(10(2)17-16-9)7-11-8-15-14-6-4-3-5-12(11)14/h3-6,8,15H,7H2,1-2H3. The smallest absolute Gasteiger partial charge is 0.137 e. The van der Waals surface area contributed by atoms with Crippen molar-refractivity contribution in [2.24, 2.45) is 0 Å². The molecule has 3 nitrogen and oxygen atoms in total. The van der Waals surface area contributed by atoms with Crippen LogP contribution in [-0.2, 0) is 6.42 Å². The third-order valence-corrected chi connectivity index (χ3v) is 3.22. The van der Waals surface area contributed by atoms with Gasteiger partial charge in [0.15, 0.2) is 0 Å². The van der Waals surface area contributed by atoms with E-state index in [1.54, 1.807) is 0 Å². The lowest BCUT2D eigenvalue weighted by Gasteiger charge is -1.98. The lowest BCUT2D eigenvalue weighted by Crippen LogP contribution is -1.90. The molecule has 3 rings (SSSR count). The Kier molecular flexibility index (Phi) is 2.25. The molecule has 1 aromatic carbocycles. The first-order chi connectivity index (χ1) is 8.25. The van der Waals surface area contributed by atoms with E-state index in [4.69, 9.17) is 4.52 Å². The monoisotopic (exact) mass is 226 g/mol. The molecule has 0 saturated heterocycles. The molecule has 17 heavy (non-hydrogen) atoms. The first kappa shape index (κ1) is 10.1. The number of para-hydroxylation sites is 1. The van der Waals surface area contributed by atoms with Crippen LogP contribution in [0.4, 0.5) is 0 Å². The van der Waals surface area contributed by atoms with E-state index in [1.807, 2.05) is 19.9 Å². The molecule has 1 N–H and O–H groups in total. The van der Waals surface area contributed by atoms with Crippen LogP contribution in [0.3, 0.4) is 0 Å². The summed E-state index contributed by atoms with van der Waals surface area (Å²) in [6.45, 7) is 3.95. The molecule has 3 heteroatoms. The van der Waals surface area contributed by atoms with Gasteiger partial charge < -0.3 is 9.51 Å². The molecule has 2 aromatic heterocycles. The zero-order valence-corrected chi connectivity index (χ0v) is 9.95. The van der Waals surface area contributed by atoms with Gasteiger partial charge in [0.05, 0.1) is 5.69 Å². The Balaban J connectivity index is 2.06. The number of aryl methyl sites for hydroxylation is 2. The molecule has 0 radical (unpaired) electrons. The highest BCUT2D eigenvalue weighted by Crippen LogP contribution is 2.23. The van der Waals surface area contributed by atoms with Gasteiger partial charge in [-0.2, -0.15) is 0 Å². The van der Waals surface area contributed by atoms with Gasteiger partial charge >= 0.3 is 0 Å². The van der Waals surface area contributed by atoms with Crippen molar-refractivity contribution in [2.45, 2.75) is 20.3 Å². The van der Waals surface area contributed by atoms with Gasteiger partial charge in [-0.15, -0.1) is 0 Å². The minimum Gasteiger partial charge on any atom is -0.361 e. The van der Waals surface area contributed by atoms with Crippen LogP contribution in [0.15, 0.2) is 35.0 Å². The highest BCUT2D eigenvalue weighted by Gasteiger charge is 2.11. The number of aromatic nitrogens is 2. The first-order valence-electron chi connectivity index (χ1n) is 5.72. The van der Waals surface area contributed by atoms with Gasteiger partial charge in [-0.1, -0.05) is 23.4 Å². The van der Waals surface area contributed by atoms with Crippen molar-refractivity contribution in [3.63, 3.8) is 0 Å². The third-order valence-electron chi connectivity index (χ3n) is 3.22. The van der Waals surface area contributed by atoms with Crippen molar-refractivity contribution < 1.29 is 4.52 Å². The van der Waals surface area contributed by atoms with Crippen molar-refractivity contribution in [3.8, 4) is 0 Å². The second-order valence-corrected chi connectivity index (χ2v) is 4.34. The predicted molar refractivity (Wildman–Crippen MR) is 67.1 cm³/mol. The Hall–Kier alpha value is -2.03. The molecule has 3 aromatic rings. The van der Waals surface area contributed by atoms with Gasteiger partial charge in [-0.05, 0) is 25.5 Å². The molecule has 0 aliphatic carbocycles. The molecule has 0 unspecified atom stereocenters. The number of nitrogens with one attached hydrogen (secondary N) is 1. The second-order valence-electron chi connectivity index (χ2n) is 4.34. The zero-order chi connectivity index (χ0) is 11.8.